The van der Waals surface area contributed by atoms with Crippen molar-refractivity contribution >= 4 is 88.5 Å². The molecule has 0 atom stereocenters. The van der Waals surface area contributed by atoms with E-state index in [1.54, 1.807) is 12.1 Å². The van der Waals surface area contributed by atoms with Gasteiger partial charge in [-0.3, -0.25) is 0 Å². The summed E-state index contributed by atoms with van der Waals surface area (Å²) in [6.45, 7) is 2.67. The normalized spacial score (nSPS) is 15.1. The first kappa shape index (κ1) is 34.5. The van der Waals surface area contributed by atoms with Gasteiger partial charge < -0.3 is 14.0 Å². The minimum Gasteiger partial charge on any atom is -0.748 e. The van der Waals surface area contributed by atoms with Crippen molar-refractivity contribution in [1.29, 1.82) is 0 Å². The van der Waals surface area contributed by atoms with Gasteiger partial charge in [0.1, 0.15) is 4.70 Å². The number of hydrogen-bond donors (Lipinski definition) is 0. The summed E-state index contributed by atoms with van der Waals surface area (Å²) >= 11 is 15.5. The van der Waals surface area contributed by atoms with E-state index in [1.807, 2.05) is 52.8 Å². The van der Waals surface area contributed by atoms with Gasteiger partial charge in [0, 0.05) is 51.6 Å². The van der Waals surface area contributed by atoms with Gasteiger partial charge in [0.2, 0.25) is 5.52 Å². The van der Waals surface area contributed by atoms with Crippen molar-refractivity contribution in [2.24, 2.45) is 0 Å². The zero-order valence-electron chi connectivity index (χ0n) is 21.8. The zero-order valence-corrected chi connectivity index (χ0v) is 29.7. The summed E-state index contributed by atoms with van der Waals surface area (Å²) in [5, 5.41) is 2.84. The fourth-order valence-corrected chi connectivity index (χ4v) is 7.77. The Labute approximate surface area is 295 Å². The number of fused-ring (bicyclic) bond motifs is 2. The molecule has 40 heavy (non-hydrogen) atoms. The molecule has 0 unspecified atom stereocenters. The molecule has 0 amide bonds. The van der Waals surface area contributed by atoms with E-state index in [2.05, 4.69) is 0 Å². The number of nitrogens with zero attached hydrogens (tertiary/aromatic N) is 2. The Balaban J connectivity index is 0.00000441. The topological polar surface area (TPSA) is 122 Å². The number of hydrogen-bond acceptors (Lipinski definition) is 9. The molecule has 0 saturated heterocycles. The third kappa shape index (κ3) is 9.50. The summed E-state index contributed by atoms with van der Waals surface area (Å²) in [7, 11) is -8.67. The molecule has 0 radical (unpaired) electrons. The number of aryl methyl sites for hydroxylation is 1. The van der Waals surface area contributed by atoms with Crippen molar-refractivity contribution in [3.63, 3.8) is 0 Å². The third-order valence-corrected chi connectivity index (χ3v) is 10.2. The maximum atomic E-state index is 11.2. The smallest absolute Gasteiger partial charge is 0.748 e. The van der Waals surface area contributed by atoms with Crippen LogP contribution in [0.3, 0.4) is 0 Å². The second-order valence-corrected chi connectivity index (χ2v) is 14.9. The molecule has 1 aliphatic rings. The number of thiazole rings is 1. The van der Waals surface area contributed by atoms with Crippen molar-refractivity contribution in [3.8, 4) is 0 Å². The number of allylic oxidation sites excluding steroid dienone is 2. The first-order valence-corrected chi connectivity index (χ1v) is 17.5. The van der Waals surface area contributed by atoms with E-state index < -0.39 is 31.7 Å². The average Bonchev–Trinajstić information content (AvgIpc) is 3.34. The summed E-state index contributed by atoms with van der Waals surface area (Å²) in [5.74, 6) is -0.922. The fraction of sp³-hybridized carbons (Fsp3) is 0.320. The quantitative estimate of drug-likeness (QED) is 0.172. The summed E-state index contributed by atoms with van der Waals surface area (Å²) in [6.07, 6.45) is 5.05. The van der Waals surface area contributed by atoms with Gasteiger partial charge in [0.25, 0.3) is 5.01 Å². The summed E-state index contributed by atoms with van der Waals surface area (Å²) < 4.78 is 70.1. The number of benzene rings is 2. The van der Waals surface area contributed by atoms with E-state index in [0.717, 1.165) is 36.4 Å². The minimum atomic E-state index is -4.33. The molecule has 0 saturated carbocycles. The van der Waals surface area contributed by atoms with Crippen molar-refractivity contribution in [3.05, 3.63) is 68.1 Å². The molecular weight excluding hydrogens is 663 g/mol. The zero-order chi connectivity index (χ0) is 28.4. The van der Waals surface area contributed by atoms with E-state index in [0.29, 0.717) is 29.6 Å². The molecule has 1 aromatic heterocycles. The van der Waals surface area contributed by atoms with Crippen LogP contribution in [0, 0.1) is 0 Å². The monoisotopic (exact) mass is 686 g/mol. The minimum absolute atomic E-state index is 0. The first-order valence-electron chi connectivity index (χ1n) is 12.0. The number of thioether (sulfide) groups is 1. The average molecular weight is 688 g/mol. The standard InChI is InChI=1S/C25H26Cl2N2O6S4.K/c1-2-17(13-24-28(9-3-11-38(30,31)32)20-15-18(26)5-7-22(20)36-24)14-25-29(10-4-12-39(33,34)35)21-16-19(27)6-8-23(21)37-25;/h5-8,13-16H,2-4,9-12H2,1H3,(H-,30,31,32,33,34,35);/q;+1/p-1. The molecule has 15 heteroatoms. The number of aromatic nitrogens is 1. The van der Waals surface area contributed by atoms with Crippen molar-refractivity contribution < 1.29 is 81.9 Å². The first-order chi connectivity index (χ1) is 18.3. The van der Waals surface area contributed by atoms with Crippen LogP contribution in [0.25, 0.3) is 16.3 Å². The molecule has 3 aromatic rings. The van der Waals surface area contributed by atoms with Gasteiger partial charge in [0.15, 0.2) is 6.54 Å². The molecule has 2 heterocycles. The Hall–Kier alpha value is -0.00364. The molecule has 1 aliphatic heterocycles. The maximum Gasteiger partial charge on any atom is 1.00 e. The number of halogens is 2. The van der Waals surface area contributed by atoms with Gasteiger partial charge in [-0.15, -0.1) is 0 Å². The van der Waals surface area contributed by atoms with Crippen LogP contribution in [-0.2, 0) is 26.8 Å². The van der Waals surface area contributed by atoms with E-state index in [-0.39, 0.29) is 64.2 Å². The summed E-state index contributed by atoms with van der Waals surface area (Å²) in [4.78, 5) is 2.94. The molecule has 0 spiro atoms. The number of anilines is 1. The van der Waals surface area contributed by atoms with Crippen LogP contribution in [0.1, 0.15) is 31.2 Å². The van der Waals surface area contributed by atoms with Gasteiger partial charge in [0.05, 0.1) is 31.0 Å². The number of rotatable bonds is 11. The molecule has 0 aliphatic carbocycles. The Morgan fingerprint density at radius 3 is 2.33 bits per heavy atom. The van der Waals surface area contributed by atoms with E-state index in [1.165, 1.54) is 23.1 Å². The maximum absolute atomic E-state index is 11.2. The Morgan fingerprint density at radius 2 is 1.65 bits per heavy atom. The predicted molar refractivity (Wildman–Crippen MR) is 156 cm³/mol. The fourth-order valence-electron chi connectivity index (χ4n) is 4.19. The molecule has 0 bridgehead atoms. The summed E-state index contributed by atoms with van der Waals surface area (Å²) in [5.41, 5.74) is 2.67. The van der Waals surface area contributed by atoms with E-state index >= 15 is 0 Å². The van der Waals surface area contributed by atoms with Crippen LogP contribution in [0.5, 0.6) is 0 Å². The van der Waals surface area contributed by atoms with E-state index in [4.69, 9.17) is 23.2 Å². The van der Waals surface area contributed by atoms with Crippen molar-refractivity contribution in [2.75, 3.05) is 23.0 Å². The van der Waals surface area contributed by atoms with Gasteiger partial charge in [-0.05, 0) is 54.8 Å². The Morgan fingerprint density at radius 1 is 1.00 bits per heavy atom. The molecule has 0 N–H and O–H groups in total. The van der Waals surface area contributed by atoms with E-state index in [9.17, 15) is 25.9 Å². The van der Waals surface area contributed by atoms with Crippen LogP contribution < -0.4 is 60.9 Å². The second kappa shape index (κ2) is 14.6. The van der Waals surface area contributed by atoms with Crippen LogP contribution in [-0.4, -0.2) is 44.0 Å². The molecular formula is C25H25Cl2KN2O6S4. The van der Waals surface area contributed by atoms with Crippen LogP contribution in [0.2, 0.25) is 10.0 Å². The van der Waals surface area contributed by atoms with Crippen LogP contribution in [0.4, 0.5) is 5.69 Å². The molecule has 4 rings (SSSR count). The SMILES string of the molecule is CCC(=Cc1sc2ccc(Cl)cc2[n+]1CCCS(=O)(=O)[O-])C=C1Sc2ccc(Cl)cc2N1CCCS(=O)(=O)[O-].[K+]. The van der Waals surface area contributed by atoms with Gasteiger partial charge in [-0.2, -0.15) is 4.57 Å². The second-order valence-electron chi connectivity index (χ2n) is 8.86. The Bertz CT molecular complexity index is 1670. The molecule has 210 valence electrons. The molecule has 8 nitrogen and oxygen atoms in total. The van der Waals surface area contributed by atoms with Crippen molar-refractivity contribution in [2.45, 2.75) is 37.6 Å². The predicted octanol–water partition coefficient (Wildman–Crippen LogP) is 2.62. The molecule has 2 aromatic carbocycles. The van der Waals surface area contributed by atoms with Gasteiger partial charge >= 0.3 is 51.4 Å². The van der Waals surface area contributed by atoms with Gasteiger partial charge in [-0.1, -0.05) is 53.2 Å². The largest absolute Gasteiger partial charge is 1.00 e. The molecule has 0 fully saturated rings. The van der Waals surface area contributed by atoms with Gasteiger partial charge in [-0.25, -0.2) is 16.8 Å². The third-order valence-electron chi connectivity index (χ3n) is 5.96. The van der Waals surface area contributed by atoms with Crippen LogP contribution >= 0.6 is 46.3 Å². The Kier molecular flexibility index (Phi) is 12.6. The summed E-state index contributed by atoms with van der Waals surface area (Å²) in [6, 6.07) is 11.0. The van der Waals surface area contributed by atoms with Crippen molar-refractivity contribution in [1.82, 2.24) is 0 Å². The van der Waals surface area contributed by atoms with Crippen LogP contribution in [0.15, 0.2) is 58.0 Å².